The topological polar surface area (TPSA) is 72.2 Å². The number of aromatic nitrogens is 2. The minimum Gasteiger partial charge on any atom is -0.481 e. The minimum atomic E-state index is -0.886. The fraction of sp³-hybridized carbons (Fsp3) is 0.278. The van der Waals surface area contributed by atoms with E-state index in [9.17, 15) is 14.0 Å². The second-order valence-electron chi connectivity index (χ2n) is 5.67. The molecule has 3 rings (SSSR count). The molecule has 0 aliphatic heterocycles. The molecule has 0 saturated carbocycles. The van der Waals surface area contributed by atoms with Crippen LogP contribution in [0.3, 0.4) is 0 Å². The molecule has 0 amide bonds. The van der Waals surface area contributed by atoms with Gasteiger partial charge in [0.15, 0.2) is 0 Å². The number of hydrogen-bond acceptors (Lipinski definition) is 4. The van der Waals surface area contributed by atoms with Gasteiger partial charge in [-0.05, 0) is 24.1 Å². The van der Waals surface area contributed by atoms with Crippen molar-refractivity contribution in [2.45, 2.75) is 32.7 Å². The van der Waals surface area contributed by atoms with Crippen LogP contribution in [0.2, 0.25) is 0 Å². The van der Waals surface area contributed by atoms with Crippen LogP contribution >= 0.6 is 11.3 Å². The van der Waals surface area contributed by atoms with Gasteiger partial charge in [-0.3, -0.25) is 14.2 Å². The highest BCUT2D eigenvalue weighted by Gasteiger charge is 2.16. The quantitative estimate of drug-likeness (QED) is 0.728. The summed E-state index contributed by atoms with van der Waals surface area (Å²) < 4.78 is 14.7. The van der Waals surface area contributed by atoms with Gasteiger partial charge in [-0.25, -0.2) is 9.37 Å². The van der Waals surface area contributed by atoms with Crippen molar-refractivity contribution < 1.29 is 14.3 Å². The summed E-state index contributed by atoms with van der Waals surface area (Å²) in [7, 11) is 0. The third-order valence-corrected chi connectivity index (χ3v) is 4.89. The molecule has 0 aliphatic carbocycles. The van der Waals surface area contributed by atoms with Crippen LogP contribution in [0.4, 0.5) is 4.39 Å². The van der Waals surface area contributed by atoms with E-state index in [1.807, 2.05) is 12.3 Å². The monoisotopic (exact) mass is 360 g/mol. The molecule has 0 fully saturated rings. The number of halogens is 1. The van der Waals surface area contributed by atoms with Crippen LogP contribution in [0.15, 0.2) is 34.4 Å². The summed E-state index contributed by atoms with van der Waals surface area (Å²) in [6.07, 6.45) is 0.954. The lowest BCUT2D eigenvalue weighted by Crippen LogP contribution is -2.25. The zero-order chi connectivity index (χ0) is 18.0. The Balaban J connectivity index is 2.11. The Morgan fingerprint density at radius 3 is 2.68 bits per heavy atom. The third-order valence-electron chi connectivity index (χ3n) is 4.02. The van der Waals surface area contributed by atoms with E-state index >= 15 is 0 Å². The van der Waals surface area contributed by atoms with Crippen LogP contribution in [-0.4, -0.2) is 20.6 Å². The van der Waals surface area contributed by atoms with E-state index in [4.69, 9.17) is 5.11 Å². The number of thiophene rings is 1. The molecule has 1 N–H and O–H groups in total. The number of benzene rings is 1. The summed E-state index contributed by atoms with van der Waals surface area (Å²) in [5, 5.41) is 11.2. The predicted octanol–water partition coefficient (Wildman–Crippen LogP) is 3.69. The molecule has 130 valence electrons. The van der Waals surface area contributed by atoms with Crippen LogP contribution in [0, 0.1) is 5.82 Å². The number of hydrogen-bond donors (Lipinski definition) is 1. The van der Waals surface area contributed by atoms with Gasteiger partial charge >= 0.3 is 5.97 Å². The van der Waals surface area contributed by atoms with Crippen LogP contribution in [0.5, 0.6) is 0 Å². The largest absolute Gasteiger partial charge is 0.481 e. The van der Waals surface area contributed by atoms with Gasteiger partial charge in [0.2, 0.25) is 0 Å². The molecular formula is C18H17FN2O3S. The third kappa shape index (κ3) is 3.46. The molecule has 5 nitrogen and oxygen atoms in total. The molecule has 0 saturated heterocycles. The van der Waals surface area contributed by atoms with Crippen molar-refractivity contribution in [1.29, 1.82) is 0 Å². The van der Waals surface area contributed by atoms with E-state index in [-0.39, 0.29) is 17.8 Å². The van der Waals surface area contributed by atoms with Gasteiger partial charge in [-0.1, -0.05) is 19.1 Å². The number of carbonyl (C=O) groups is 1. The van der Waals surface area contributed by atoms with Crippen LogP contribution in [-0.2, 0) is 17.8 Å². The summed E-state index contributed by atoms with van der Waals surface area (Å²) in [4.78, 5) is 29.0. The van der Waals surface area contributed by atoms with Gasteiger partial charge < -0.3 is 5.11 Å². The Bertz CT molecular complexity index is 976. The van der Waals surface area contributed by atoms with Gasteiger partial charge in [0.25, 0.3) is 5.56 Å². The molecule has 0 unspecified atom stereocenters. The highest BCUT2D eigenvalue weighted by atomic mass is 32.1. The van der Waals surface area contributed by atoms with E-state index in [2.05, 4.69) is 4.98 Å². The smallest absolute Gasteiger partial charge is 0.303 e. The first-order valence-electron chi connectivity index (χ1n) is 8.00. The number of aryl methyl sites for hydroxylation is 1. The Labute approximate surface area is 147 Å². The fourth-order valence-corrected chi connectivity index (χ4v) is 3.75. The van der Waals surface area contributed by atoms with Gasteiger partial charge in [0.1, 0.15) is 16.5 Å². The molecule has 2 aromatic heterocycles. The van der Waals surface area contributed by atoms with E-state index in [1.165, 1.54) is 23.5 Å². The molecule has 2 heterocycles. The zero-order valence-corrected chi connectivity index (χ0v) is 14.5. The van der Waals surface area contributed by atoms with Crippen molar-refractivity contribution >= 4 is 27.5 Å². The van der Waals surface area contributed by atoms with Crippen molar-refractivity contribution in [3.05, 3.63) is 51.6 Å². The molecule has 7 heteroatoms. The number of carboxylic acid groups (broad SMARTS) is 1. The van der Waals surface area contributed by atoms with E-state index < -0.39 is 5.97 Å². The van der Waals surface area contributed by atoms with Crippen LogP contribution < -0.4 is 5.56 Å². The summed E-state index contributed by atoms with van der Waals surface area (Å²) in [6, 6.07) is 5.99. The number of rotatable bonds is 6. The second kappa shape index (κ2) is 7.14. The van der Waals surface area contributed by atoms with Gasteiger partial charge in [0, 0.05) is 30.3 Å². The molecule has 3 aromatic rings. The number of aliphatic carboxylic acids is 1. The fourth-order valence-electron chi connectivity index (χ4n) is 2.80. The Morgan fingerprint density at radius 2 is 2.04 bits per heavy atom. The maximum Gasteiger partial charge on any atom is 0.303 e. The normalized spacial score (nSPS) is 11.1. The highest BCUT2D eigenvalue weighted by Crippen LogP contribution is 2.31. The summed E-state index contributed by atoms with van der Waals surface area (Å²) in [6.45, 7) is 2.23. The molecule has 1 aromatic carbocycles. The predicted molar refractivity (Wildman–Crippen MR) is 95.5 cm³/mol. The summed E-state index contributed by atoms with van der Waals surface area (Å²) in [5.41, 5.74) is 1.31. The Hall–Kier alpha value is -2.54. The Kier molecular flexibility index (Phi) is 4.94. The van der Waals surface area contributed by atoms with Gasteiger partial charge in [-0.15, -0.1) is 11.3 Å². The average molecular weight is 360 g/mol. The van der Waals surface area contributed by atoms with Gasteiger partial charge in [0.05, 0.1) is 5.39 Å². The highest BCUT2D eigenvalue weighted by molar-refractivity contribution is 7.17. The molecular weight excluding hydrogens is 343 g/mol. The van der Waals surface area contributed by atoms with Crippen molar-refractivity contribution in [3.8, 4) is 11.1 Å². The maximum absolute atomic E-state index is 13.2. The van der Waals surface area contributed by atoms with Gasteiger partial charge in [-0.2, -0.15) is 0 Å². The molecule has 25 heavy (non-hydrogen) atoms. The average Bonchev–Trinajstić information content (AvgIpc) is 3.01. The Morgan fingerprint density at radius 1 is 1.32 bits per heavy atom. The summed E-state index contributed by atoms with van der Waals surface area (Å²) >= 11 is 1.38. The standard InChI is InChI=1S/C18H17FN2O3S/c1-2-14-20-17-16(18(24)21(14)9-3-4-15(22)23)13(10-25-17)11-5-7-12(19)8-6-11/h5-8,10H,2-4,9H2,1H3,(H,22,23). The maximum atomic E-state index is 13.2. The van der Waals surface area contributed by atoms with E-state index in [1.54, 1.807) is 16.7 Å². The van der Waals surface area contributed by atoms with Crippen molar-refractivity contribution in [2.75, 3.05) is 0 Å². The lowest BCUT2D eigenvalue weighted by Gasteiger charge is -2.11. The zero-order valence-electron chi connectivity index (χ0n) is 13.7. The molecule has 0 atom stereocenters. The number of fused-ring (bicyclic) bond motifs is 1. The molecule has 0 radical (unpaired) electrons. The molecule has 0 aliphatic rings. The molecule has 0 bridgehead atoms. The van der Waals surface area contributed by atoms with Crippen LogP contribution in [0.1, 0.15) is 25.6 Å². The number of carboxylic acids is 1. The van der Waals surface area contributed by atoms with Crippen molar-refractivity contribution in [2.24, 2.45) is 0 Å². The first-order chi connectivity index (χ1) is 12.0. The number of nitrogens with zero attached hydrogens (tertiary/aromatic N) is 2. The lowest BCUT2D eigenvalue weighted by molar-refractivity contribution is -0.137. The van der Waals surface area contributed by atoms with Crippen molar-refractivity contribution in [1.82, 2.24) is 9.55 Å². The lowest BCUT2D eigenvalue weighted by atomic mass is 10.1. The minimum absolute atomic E-state index is 0.00207. The van der Waals surface area contributed by atoms with E-state index in [0.717, 1.165) is 11.1 Å². The summed E-state index contributed by atoms with van der Waals surface area (Å²) in [5.74, 6) is -0.571. The molecule has 0 spiro atoms. The van der Waals surface area contributed by atoms with E-state index in [0.29, 0.717) is 35.4 Å². The first-order valence-corrected chi connectivity index (χ1v) is 8.88. The van der Waals surface area contributed by atoms with Crippen LogP contribution in [0.25, 0.3) is 21.3 Å². The van der Waals surface area contributed by atoms with Crippen molar-refractivity contribution in [3.63, 3.8) is 0 Å². The second-order valence-corrected chi connectivity index (χ2v) is 6.53. The SMILES string of the molecule is CCc1nc2scc(-c3ccc(F)cc3)c2c(=O)n1CCCC(=O)O. The first kappa shape index (κ1) is 17.3.